The zero-order valence-electron chi connectivity index (χ0n) is 11.8. The molecule has 104 valence electrons. The van der Waals surface area contributed by atoms with Crippen molar-refractivity contribution < 1.29 is 0 Å². The van der Waals surface area contributed by atoms with Crippen molar-refractivity contribution in [1.82, 2.24) is 9.97 Å². The number of nitrogen functional groups attached to an aromatic ring is 1. The Morgan fingerprint density at radius 3 is 2.05 bits per heavy atom. The summed E-state index contributed by atoms with van der Waals surface area (Å²) in [6.07, 6.45) is 14.9. The SMILES string of the molecule is Nc1cnc(C2CCCCC2)nc1C1CCCCC1. The number of aromatic nitrogens is 2. The summed E-state index contributed by atoms with van der Waals surface area (Å²) in [4.78, 5) is 9.40. The summed E-state index contributed by atoms with van der Waals surface area (Å²) in [5.41, 5.74) is 8.08. The van der Waals surface area contributed by atoms with E-state index in [4.69, 9.17) is 10.7 Å². The molecule has 0 aromatic carbocycles. The van der Waals surface area contributed by atoms with Gasteiger partial charge in [-0.25, -0.2) is 9.97 Å². The highest BCUT2D eigenvalue weighted by Gasteiger charge is 2.23. The zero-order chi connectivity index (χ0) is 13.1. The third kappa shape index (κ3) is 2.90. The van der Waals surface area contributed by atoms with Gasteiger partial charge >= 0.3 is 0 Å². The van der Waals surface area contributed by atoms with Gasteiger partial charge in [-0.05, 0) is 25.7 Å². The molecule has 0 unspecified atom stereocenters. The minimum absolute atomic E-state index is 0.580. The number of nitrogens with zero attached hydrogens (tertiary/aromatic N) is 2. The van der Waals surface area contributed by atoms with Crippen LogP contribution in [0.15, 0.2) is 6.20 Å². The lowest BCUT2D eigenvalue weighted by Crippen LogP contribution is -2.15. The Balaban J connectivity index is 1.82. The van der Waals surface area contributed by atoms with Crippen LogP contribution in [0.25, 0.3) is 0 Å². The van der Waals surface area contributed by atoms with Gasteiger partial charge in [0.05, 0.1) is 17.6 Å². The second kappa shape index (κ2) is 5.89. The highest BCUT2D eigenvalue weighted by molar-refractivity contribution is 5.42. The van der Waals surface area contributed by atoms with Crippen molar-refractivity contribution in [3.05, 3.63) is 17.7 Å². The smallest absolute Gasteiger partial charge is 0.131 e. The molecule has 0 aliphatic heterocycles. The van der Waals surface area contributed by atoms with Gasteiger partial charge < -0.3 is 5.73 Å². The number of hydrogen-bond donors (Lipinski definition) is 1. The molecule has 0 saturated heterocycles. The third-order valence-corrected chi connectivity index (χ3v) is 4.83. The van der Waals surface area contributed by atoms with E-state index in [1.165, 1.54) is 64.2 Å². The van der Waals surface area contributed by atoms with Gasteiger partial charge in [0, 0.05) is 11.8 Å². The molecule has 1 heterocycles. The summed E-state index contributed by atoms with van der Waals surface area (Å²) in [5.74, 6) is 2.23. The lowest BCUT2D eigenvalue weighted by molar-refractivity contribution is 0.416. The first kappa shape index (κ1) is 12.9. The number of nitrogens with two attached hydrogens (primary N) is 1. The van der Waals surface area contributed by atoms with Crippen molar-refractivity contribution in [1.29, 1.82) is 0 Å². The molecule has 2 aliphatic carbocycles. The summed E-state index contributed by atoms with van der Waals surface area (Å²) in [5, 5.41) is 0. The Hall–Kier alpha value is -1.12. The molecule has 0 radical (unpaired) electrons. The summed E-state index contributed by atoms with van der Waals surface area (Å²) in [6, 6.07) is 0. The van der Waals surface area contributed by atoms with Gasteiger partial charge in [-0.3, -0.25) is 0 Å². The fourth-order valence-electron chi connectivity index (χ4n) is 3.68. The van der Waals surface area contributed by atoms with E-state index in [0.717, 1.165) is 17.2 Å². The van der Waals surface area contributed by atoms with Crippen LogP contribution in [-0.4, -0.2) is 9.97 Å². The summed E-state index contributed by atoms with van der Waals surface area (Å²) < 4.78 is 0. The Labute approximate surface area is 116 Å². The van der Waals surface area contributed by atoms with Crippen LogP contribution in [0.5, 0.6) is 0 Å². The topological polar surface area (TPSA) is 51.8 Å². The molecule has 1 aromatic heterocycles. The quantitative estimate of drug-likeness (QED) is 0.867. The molecule has 0 atom stereocenters. The van der Waals surface area contributed by atoms with Gasteiger partial charge in [-0.1, -0.05) is 38.5 Å². The van der Waals surface area contributed by atoms with Crippen molar-refractivity contribution in [2.75, 3.05) is 5.73 Å². The molecule has 19 heavy (non-hydrogen) atoms. The first-order valence-electron chi connectivity index (χ1n) is 7.97. The largest absolute Gasteiger partial charge is 0.396 e. The average molecular weight is 259 g/mol. The van der Waals surface area contributed by atoms with Crippen LogP contribution in [0.1, 0.15) is 87.6 Å². The van der Waals surface area contributed by atoms with Gasteiger partial charge in [0.15, 0.2) is 0 Å². The fourth-order valence-corrected chi connectivity index (χ4v) is 3.68. The number of rotatable bonds is 2. The summed E-state index contributed by atoms with van der Waals surface area (Å²) in [6.45, 7) is 0. The Kier molecular flexibility index (Phi) is 4.00. The molecule has 2 fully saturated rings. The van der Waals surface area contributed by atoms with Gasteiger partial charge in [0.1, 0.15) is 5.82 Å². The van der Waals surface area contributed by atoms with Crippen molar-refractivity contribution in [2.45, 2.75) is 76.0 Å². The van der Waals surface area contributed by atoms with Crippen LogP contribution >= 0.6 is 0 Å². The number of hydrogen-bond acceptors (Lipinski definition) is 3. The lowest BCUT2D eigenvalue weighted by atomic mass is 9.85. The Morgan fingerprint density at radius 1 is 0.842 bits per heavy atom. The van der Waals surface area contributed by atoms with Crippen LogP contribution in [0.4, 0.5) is 5.69 Å². The summed E-state index contributed by atoms with van der Waals surface area (Å²) in [7, 11) is 0. The van der Waals surface area contributed by atoms with Gasteiger partial charge in [0.2, 0.25) is 0 Å². The molecule has 2 aliphatic rings. The number of anilines is 1. The molecule has 1 aromatic rings. The fraction of sp³-hybridized carbons (Fsp3) is 0.750. The van der Waals surface area contributed by atoms with Gasteiger partial charge in [-0.2, -0.15) is 0 Å². The maximum Gasteiger partial charge on any atom is 0.131 e. The van der Waals surface area contributed by atoms with E-state index in [-0.39, 0.29) is 0 Å². The molecular formula is C16H25N3. The predicted molar refractivity (Wildman–Crippen MR) is 78.1 cm³/mol. The average Bonchev–Trinajstić information content (AvgIpc) is 2.49. The Bertz CT molecular complexity index is 418. The molecule has 0 bridgehead atoms. The van der Waals surface area contributed by atoms with Crippen LogP contribution in [-0.2, 0) is 0 Å². The zero-order valence-corrected chi connectivity index (χ0v) is 11.8. The summed E-state index contributed by atoms with van der Waals surface area (Å²) >= 11 is 0. The highest BCUT2D eigenvalue weighted by Crippen LogP contribution is 2.36. The van der Waals surface area contributed by atoms with Crippen LogP contribution in [0.3, 0.4) is 0 Å². The molecule has 3 nitrogen and oxygen atoms in total. The van der Waals surface area contributed by atoms with E-state index in [0.29, 0.717) is 11.8 Å². The predicted octanol–water partition coefficient (Wildman–Crippen LogP) is 4.15. The van der Waals surface area contributed by atoms with Crippen LogP contribution in [0, 0.1) is 0 Å². The van der Waals surface area contributed by atoms with E-state index in [2.05, 4.69) is 4.98 Å². The molecular weight excluding hydrogens is 234 g/mol. The van der Waals surface area contributed by atoms with E-state index in [1.807, 2.05) is 6.20 Å². The minimum Gasteiger partial charge on any atom is -0.396 e. The van der Waals surface area contributed by atoms with Crippen molar-refractivity contribution in [2.24, 2.45) is 0 Å². The highest BCUT2D eigenvalue weighted by atomic mass is 14.9. The monoisotopic (exact) mass is 259 g/mol. The maximum absolute atomic E-state index is 6.12. The maximum atomic E-state index is 6.12. The van der Waals surface area contributed by atoms with E-state index >= 15 is 0 Å². The second-order valence-electron chi connectivity index (χ2n) is 6.24. The molecule has 0 spiro atoms. The van der Waals surface area contributed by atoms with Crippen molar-refractivity contribution in [3.63, 3.8) is 0 Å². The second-order valence-corrected chi connectivity index (χ2v) is 6.24. The molecule has 2 N–H and O–H groups in total. The molecule has 3 heteroatoms. The third-order valence-electron chi connectivity index (χ3n) is 4.83. The van der Waals surface area contributed by atoms with Crippen LogP contribution in [0.2, 0.25) is 0 Å². The van der Waals surface area contributed by atoms with E-state index < -0.39 is 0 Å². The first-order chi connectivity index (χ1) is 9.34. The van der Waals surface area contributed by atoms with Gasteiger partial charge in [-0.15, -0.1) is 0 Å². The molecule has 3 rings (SSSR count). The van der Waals surface area contributed by atoms with Gasteiger partial charge in [0.25, 0.3) is 0 Å². The van der Waals surface area contributed by atoms with E-state index in [1.54, 1.807) is 0 Å². The Morgan fingerprint density at radius 2 is 1.42 bits per heavy atom. The minimum atomic E-state index is 0.580. The first-order valence-corrected chi connectivity index (χ1v) is 7.97. The lowest BCUT2D eigenvalue weighted by Gasteiger charge is -2.25. The normalized spacial score (nSPS) is 22.5. The van der Waals surface area contributed by atoms with Crippen molar-refractivity contribution in [3.8, 4) is 0 Å². The van der Waals surface area contributed by atoms with Crippen molar-refractivity contribution >= 4 is 5.69 Å². The molecule has 0 amide bonds. The van der Waals surface area contributed by atoms with E-state index in [9.17, 15) is 0 Å². The molecule has 2 saturated carbocycles. The van der Waals surface area contributed by atoms with Crippen LogP contribution < -0.4 is 5.73 Å². The standard InChI is InChI=1S/C16H25N3/c17-14-11-18-16(13-9-5-2-6-10-13)19-15(14)12-7-3-1-4-8-12/h11-13H,1-10,17H2.